The molecule has 2 aromatic rings. The number of halogens is 1. The van der Waals surface area contributed by atoms with Crippen LogP contribution in [0.2, 0.25) is 0 Å². The zero-order valence-electron chi connectivity index (χ0n) is 11.2. The number of nitro groups is 1. The predicted octanol–water partition coefficient (Wildman–Crippen LogP) is 2.85. The van der Waals surface area contributed by atoms with Gasteiger partial charge in [0.15, 0.2) is 0 Å². The number of aliphatic hydroxyl groups is 1. The van der Waals surface area contributed by atoms with Crippen LogP contribution < -0.4 is 4.74 Å². The van der Waals surface area contributed by atoms with Crippen LogP contribution in [-0.2, 0) is 13.0 Å². The van der Waals surface area contributed by atoms with Gasteiger partial charge in [-0.3, -0.25) is 10.1 Å². The van der Waals surface area contributed by atoms with Gasteiger partial charge in [-0.1, -0.05) is 30.3 Å². The summed E-state index contributed by atoms with van der Waals surface area (Å²) in [6.45, 7) is -0.137. The van der Waals surface area contributed by atoms with Crippen LogP contribution in [0.5, 0.6) is 5.75 Å². The van der Waals surface area contributed by atoms with Gasteiger partial charge in [0.2, 0.25) is 5.82 Å². The summed E-state index contributed by atoms with van der Waals surface area (Å²) in [5, 5.41) is 19.7. The first kappa shape index (κ1) is 14.9. The molecule has 0 saturated carbocycles. The topological polar surface area (TPSA) is 72.6 Å². The smallest absolute Gasteiger partial charge is 0.305 e. The number of hydrogen-bond donors (Lipinski definition) is 1. The second-order valence-corrected chi connectivity index (χ2v) is 4.38. The molecule has 2 rings (SSSR count). The quantitative estimate of drug-likeness (QED) is 0.656. The van der Waals surface area contributed by atoms with Crippen molar-refractivity contribution in [1.29, 1.82) is 0 Å². The minimum atomic E-state index is -0.887. The lowest BCUT2D eigenvalue weighted by Crippen LogP contribution is -2.03. The molecule has 0 aliphatic carbocycles. The highest BCUT2D eigenvalue weighted by atomic mass is 19.1. The van der Waals surface area contributed by atoms with Crippen molar-refractivity contribution in [3.63, 3.8) is 0 Å². The van der Waals surface area contributed by atoms with E-state index in [2.05, 4.69) is 0 Å². The van der Waals surface area contributed by atoms with E-state index in [1.165, 1.54) is 12.1 Å². The standard InChI is InChI=1S/C15H14FNO4/c16-15-12(5-3-6-13(15)17(19)20)10-21-14-7-2-1-4-11(14)8-9-18/h1-7,18H,8-10H2. The van der Waals surface area contributed by atoms with E-state index in [1.807, 2.05) is 6.07 Å². The van der Waals surface area contributed by atoms with Crippen molar-refractivity contribution in [1.82, 2.24) is 0 Å². The second kappa shape index (κ2) is 6.81. The third kappa shape index (κ3) is 3.55. The number of nitro benzene ring substituents is 1. The van der Waals surface area contributed by atoms with Crippen molar-refractivity contribution in [3.8, 4) is 5.75 Å². The number of aliphatic hydroxyl groups excluding tert-OH is 1. The summed E-state index contributed by atoms with van der Waals surface area (Å²) in [6.07, 6.45) is 0.424. The third-order valence-electron chi connectivity index (χ3n) is 2.99. The molecular formula is C15H14FNO4. The Hall–Kier alpha value is -2.47. The van der Waals surface area contributed by atoms with Gasteiger partial charge < -0.3 is 9.84 Å². The molecule has 0 atom stereocenters. The van der Waals surface area contributed by atoms with E-state index in [0.717, 1.165) is 11.6 Å². The van der Waals surface area contributed by atoms with Gasteiger partial charge >= 0.3 is 5.69 Å². The molecule has 0 unspecified atom stereocenters. The Kier molecular flexibility index (Phi) is 4.84. The molecule has 0 spiro atoms. The molecule has 0 fully saturated rings. The third-order valence-corrected chi connectivity index (χ3v) is 2.99. The lowest BCUT2D eigenvalue weighted by molar-refractivity contribution is -0.387. The maximum atomic E-state index is 13.9. The summed E-state index contributed by atoms with van der Waals surface area (Å²) >= 11 is 0. The van der Waals surface area contributed by atoms with Crippen LogP contribution in [0.4, 0.5) is 10.1 Å². The Morgan fingerprint density at radius 3 is 2.57 bits per heavy atom. The Morgan fingerprint density at radius 1 is 1.14 bits per heavy atom. The molecule has 0 saturated heterocycles. The first-order valence-electron chi connectivity index (χ1n) is 6.37. The van der Waals surface area contributed by atoms with Crippen molar-refractivity contribution >= 4 is 5.69 Å². The van der Waals surface area contributed by atoms with Gasteiger partial charge in [0, 0.05) is 18.2 Å². The van der Waals surface area contributed by atoms with Crippen molar-refractivity contribution < 1.29 is 19.2 Å². The summed E-state index contributed by atoms with van der Waals surface area (Å²) in [4.78, 5) is 9.92. The number of ether oxygens (including phenoxy) is 1. The highest BCUT2D eigenvalue weighted by Crippen LogP contribution is 2.23. The fourth-order valence-corrected chi connectivity index (χ4v) is 1.95. The fourth-order valence-electron chi connectivity index (χ4n) is 1.95. The molecule has 5 nitrogen and oxygen atoms in total. The Bertz CT molecular complexity index is 645. The zero-order valence-corrected chi connectivity index (χ0v) is 11.2. The maximum Gasteiger partial charge on any atom is 0.305 e. The number of nitrogens with zero attached hydrogens (tertiary/aromatic N) is 1. The predicted molar refractivity (Wildman–Crippen MR) is 74.6 cm³/mol. The maximum absolute atomic E-state index is 13.9. The average Bonchev–Trinajstić information content (AvgIpc) is 2.47. The molecule has 0 aromatic heterocycles. The molecule has 6 heteroatoms. The van der Waals surface area contributed by atoms with E-state index in [9.17, 15) is 14.5 Å². The summed E-state index contributed by atoms with van der Waals surface area (Å²) in [6, 6.07) is 11.1. The molecule has 2 aromatic carbocycles. The van der Waals surface area contributed by atoms with E-state index in [-0.39, 0.29) is 18.8 Å². The summed E-state index contributed by atoms with van der Waals surface area (Å²) < 4.78 is 19.4. The van der Waals surface area contributed by atoms with Gasteiger partial charge in [0.1, 0.15) is 12.4 Å². The lowest BCUT2D eigenvalue weighted by Gasteiger charge is -2.11. The molecule has 0 amide bonds. The van der Waals surface area contributed by atoms with Crippen LogP contribution in [0.25, 0.3) is 0 Å². The van der Waals surface area contributed by atoms with Crippen molar-refractivity contribution in [2.24, 2.45) is 0 Å². The van der Waals surface area contributed by atoms with Crippen LogP contribution in [0, 0.1) is 15.9 Å². The van der Waals surface area contributed by atoms with E-state index in [0.29, 0.717) is 12.2 Å². The fraction of sp³-hybridized carbons (Fsp3) is 0.200. The minimum absolute atomic E-state index is 0.0223. The molecule has 1 N–H and O–H groups in total. The van der Waals surface area contributed by atoms with Crippen LogP contribution in [0.1, 0.15) is 11.1 Å². The first-order valence-corrected chi connectivity index (χ1v) is 6.37. The van der Waals surface area contributed by atoms with Gasteiger partial charge in [-0.25, -0.2) is 0 Å². The molecule has 0 aliphatic rings. The largest absolute Gasteiger partial charge is 0.489 e. The zero-order chi connectivity index (χ0) is 15.2. The Morgan fingerprint density at radius 2 is 1.86 bits per heavy atom. The molecule has 0 bridgehead atoms. The molecule has 21 heavy (non-hydrogen) atoms. The monoisotopic (exact) mass is 291 g/mol. The van der Waals surface area contributed by atoms with Crippen molar-refractivity contribution in [2.45, 2.75) is 13.0 Å². The first-order chi connectivity index (χ1) is 10.1. The number of rotatable bonds is 6. The second-order valence-electron chi connectivity index (χ2n) is 4.38. The van der Waals surface area contributed by atoms with E-state index in [1.54, 1.807) is 18.2 Å². The normalized spacial score (nSPS) is 10.4. The van der Waals surface area contributed by atoms with E-state index in [4.69, 9.17) is 9.84 Å². The van der Waals surface area contributed by atoms with Gasteiger partial charge in [-0.05, 0) is 18.1 Å². The number of para-hydroxylation sites is 1. The van der Waals surface area contributed by atoms with Crippen LogP contribution >= 0.6 is 0 Å². The average molecular weight is 291 g/mol. The van der Waals surface area contributed by atoms with E-state index >= 15 is 0 Å². The molecule has 0 aliphatic heterocycles. The highest BCUT2D eigenvalue weighted by Gasteiger charge is 2.17. The lowest BCUT2D eigenvalue weighted by atomic mass is 10.1. The number of hydrogen-bond acceptors (Lipinski definition) is 4. The SMILES string of the molecule is O=[N+]([O-])c1cccc(COc2ccccc2CCO)c1F. The minimum Gasteiger partial charge on any atom is -0.489 e. The summed E-state index contributed by atoms with van der Waals surface area (Å²) in [5.41, 5.74) is 0.341. The Balaban J connectivity index is 2.17. The van der Waals surface area contributed by atoms with E-state index < -0.39 is 16.4 Å². The molecule has 110 valence electrons. The van der Waals surface area contributed by atoms with Gasteiger partial charge in [-0.15, -0.1) is 0 Å². The molecule has 0 heterocycles. The van der Waals surface area contributed by atoms with Gasteiger partial charge in [-0.2, -0.15) is 4.39 Å². The van der Waals surface area contributed by atoms with Crippen LogP contribution in [-0.4, -0.2) is 16.6 Å². The van der Waals surface area contributed by atoms with Gasteiger partial charge in [0.05, 0.1) is 4.92 Å². The molecule has 0 radical (unpaired) electrons. The van der Waals surface area contributed by atoms with Crippen LogP contribution in [0.3, 0.4) is 0 Å². The Labute approximate surface area is 120 Å². The summed E-state index contributed by atoms with van der Waals surface area (Å²) in [7, 11) is 0. The van der Waals surface area contributed by atoms with Crippen molar-refractivity contribution in [2.75, 3.05) is 6.61 Å². The van der Waals surface area contributed by atoms with Crippen molar-refractivity contribution in [3.05, 3.63) is 69.5 Å². The molecular weight excluding hydrogens is 277 g/mol. The van der Waals surface area contributed by atoms with Gasteiger partial charge in [0.25, 0.3) is 0 Å². The summed E-state index contributed by atoms with van der Waals surface area (Å²) in [5.74, 6) is -0.361. The number of benzene rings is 2. The van der Waals surface area contributed by atoms with Crippen LogP contribution in [0.15, 0.2) is 42.5 Å². The highest BCUT2D eigenvalue weighted by molar-refractivity contribution is 5.37.